The van der Waals surface area contributed by atoms with Gasteiger partial charge in [0.25, 0.3) is 5.56 Å². The highest BCUT2D eigenvalue weighted by atomic mass is 32.1. The molecule has 1 aliphatic rings. The van der Waals surface area contributed by atoms with Crippen molar-refractivity contribution in [2.24, 2.45) is 4.99 Å². The molecule has 1 aromatic heterocycles. The number of allylic oxidation sites excluding steroid dienone is 1. The van der Waals surface area contributed by atoms with Crippen LogP contribution < -0.4 is 24.4 Å². The van der Waals surface area contributed by atoms with E-state index in [1.54, 1.807) is 18.6 Å². The number of fused-ring (bicyclic) bond motifs is 1. The summed E-state index contributed by atoms with van der Waals surface area (Å²) in [7, 11) is 2.96. The maximum atomic E-state index is 13.8. The number of hydrogen-bond donors (Lipinski definition) is 0. The molecule has 0 aliphatic carbocycles. The number of carbonyl (C=O) groups is 1. The standard InChI is InChI=1S/C32H30N2O5S/c1-19-10-9-13-25(20(19)2)39-18-24-16-22(14-15-26(24)37-4)17-27-30(35)34-29(23-11-7-6-8-12-23)28(31(36)38-5)21(3)33-32(34)40-27/h6-17,29H,18H2,1-5H3/b27-17-/t29-/m1/s1. The van der Waals surface area contributed by atoms with Crippen molar-refractivity contribution in [2.75, 3.05) is 14.2 Å². The number of hydrogen-bond acceptors (Lipinski definition) is 7. The maximum absolute atomic E-state index is 13.8. The first-order chi connectivity index (χ1) is 19.3. The minimum atomic E-state index is -0.635. The van der Waals surface area contributed by atoms with Gasteiger partial charge in [0.1, 0.15) is 18.1 Å². The molecule has 0 spiro atoms. The first kappa shape index (κ1) is 27.1. The number of methoxy groups -OCH3 is 2. The van der Waals surface area contributed by atoms with Crippen LogP contribution in [0.4, 0.5) is 0 Å². The van der Waals surface area contributed by atoms with Crippen LogP contribution in [0.15, 0.2) is 87.8 Å². The fraction of sp³-hybridized carbons (Fsp3) is 0.219. The number of thiazole rings is 1. The van der Waals surface area contributed by atoms with Gasteiger partial charge in [0.15, 0.2) is 4.80 Å². The van der Waals surface area contributed by atoms with Gasteiger partial charge in [0.2, 0.25) is 0 Å². The van der Waals surface area contributed by atoms with E-state index in [1.165, 1.54) is 18.4 Å². The summed E-state index contributed by atoms with van der Waals surface area (Å²) < 4.78 is 18.9. The van der Waals surface area contributed by atoms with Crippen LogP contribution in [0.5, 0.6) is 11.5 Å². The Balaban J connectivity index is 1.57. The Morgan fingerprint density at radius 2 is 1.77 bits per heavy atom. The minimum Gasteiger partial charge on any atom is -0.496 e. The molecule has 7 nitrogen and oxygen atoms in total. The number of aromatic nitrogens is 1. The quantitative estimate of drug-likeness (QED) is 0.312. The number of esters is 1. The first-order valence-corrected chi connectivity index (χ1v) is 13.7. The second kappa shape index (κ2) is 11.4. The second-order valence-corrected chi connectivity index (χ2v) is 10.6. The van der Waals surface area contributed by atoms with Crippen molar-refractivity contribution in [3.05, 3.63) is 126 Å². The summed E-state index contributed by atoms with van der Waals surface area (Å²) in [6.07, 6.45) is 1.84. The van der Waals surface area contributed by atoms with Crippen LogP contribution in [-0.2, 0) is 16.1 Å². The molecule has 0 saturated carbocycles. The Labute approximate surface area is 236 Å². The third-order valence-corrected chi connectivity index (χ3v) is 8.07. The predicted octanol–water partition coefficient (Wildman–Crippen LogP) is 4.61. The number of benzene rings is 3. The molecule has 0 bridgehead atoms. The van der Waals surface area contributed by atoms with Crippen LogP contribution in [0.25, 0.3) is 6.08 Å². The van der Waals surface area contributed by atoms with Crippen molar-refractivity contribution in [3.8, 4) is 11.5 Å². The van der Waals surface area contributed by atoms with Gasteiger partial charge in [-0.05, 0) is 67.3 Å². The highest BCUT2D eigenvalue weighted by Crippen LogP contribution is 2.30. The molecule has 8 heteroatoms. The van der Waals surface area contributed by atoms with Crippen molar-refractivity contribution >= 4 is 23.4 Å². The highest BCUT2D eigenvalue weighted by Gasteiger charge is 2.32. The van der Waals surface area contributed by atoms with Crippen LogP contribution in [0.2, 0.25) is 0 Å². The molecule has 40 heavy (non-hydrogen) atoms. The largest absolute Gasteiger partial charge is 0.496 e. The normalized spacial score (nSPS) is 14.9. The molecule has 1 atom stereocenters. The van der Waals surface area contributed by atoms with E-state index in [1.807, 2.05) is 73.7 Å². The fourth-order valence-corrected chi connectivity index (χ4v) is 5.88. The SMILES string of the molecule is COC(=O)C1=C(C)N=c2s/c(=C\c3ccc(OC)c(COc4cccc(C)c4C)c3)c(=O)n2[C@@H]1c1ccccc1. The average Bonchev–Trinajstić information content (AvgIpc) is 3.27. The lowest BCUT2D eigenvalue weighted by atomic mass is 9.96. The summed E-state index contributed by atoms with van der Waals surface area (Å²) in [5, 5.41) is 0. The number of nitrogens with zero attached hydrogens (tertiary/aromatic N) is 2. The zero-order valence-corrected chi connectivity index (χ0v) is 23.9. The monoisotopic (exact) mass is 554 g/mol. The van der Waals surface area contributed by atoms with Gasteiger partial charge >= 0.3 is 5.97 Å². The second-order valence-electron chi connectivity index (χ2n) is 9.54. The molecule has 5 rings (SSSR count). The lowest BCUT2D eigenvalue weighted by Gasteiger charge is -2.24. The summed E-state index contributed by atoms with van der Waals surface area (Å²) in [5.41, 5.74) is 5.39. The summed E-state index contributed by atoms with van der Waals surface area (Å²) in [5.74, 6) is 1.01. The Morgan fingerprint density at radius 1 is 1.00 bits per heavy atom. The summed E-state index contributed by atoms with van der Waals surface area (Å²) in [6.45, 7) is 6.17. The molecular formula is C32H30N2O5S. The fourth-order valence-electron chi connectivity index (χ4n) is 4.83. The molecule has 2 heterocycles. The zero-order chi connectivity index (χ0) is 28.4. The zero-order valence-electron chi connectivity index (χ0n) is 23.1. The van der Waals surface area contributed by atoms with E-state index in [9.17, 15) is 9.59 Å². The molecule has 4 aromatic rings. The van der Waals surface area contributed by atoms with E-state index in [0.717, 1.165) is 33.6 Å². The van der Waals surface area contributed by atoms with E-state index in [2.05, 4.69) is 18.0 Å². The van der Waals surface area contributed by atoms with Crippen LogP contribution in [0, 0.1) is 13.8 Å². The van der Waals surface area contributed by atoms with E-state index in [4.69, 9.17) is 14.2 Å². The van der Waals surface area contributed by atoms with Crippen LogP contribution in [0.3, 0.4) is 0 Å². The number of ether oxygens (including phenoxy) is 3. The lowest BCUT2D eigenvalue weighted by Crippen LogP contribution is -2.39. The van der Waals surface area contributed by atoms with Gasteiger partial charge in [0.05, 0.1) is 36.1 Å². The van der Waals surface area contributed by atoms with Gasteiger partial charge in [-0.15, -0.1) is 0 Å². The summed E-state index contributed by atoms with van der Waals surface area (Å²) >= 11 is 1.29. The maximum Gasteiger partial charge on any atom is 0.338 e. The van der Waals surface area contributed by atoms with E-state index in [0.29, 0.717) is 33.0 Å². The Bertz CT molecular complexity index is 1800. The van der Waals surface area contributed by atoms with Gasteiger partial charge in [0, 0.05) is 5.56 Å². The Kier molecular flexibility index (Phi) is 7.71. The van der Waals surface area contributed by atoms with Crippen LogP contribution >= 0.6 is 11.3 Å². The van der Waals surface area contributed by atoms with Crippen LogP contribution in [0.1, 0.15) is 40.8 Å². The van der Waals surface area contributed by atoms with Crippen molar-refractivity contribution < 1.29 is 19.0 Å². The van der Waals surface area contributed by atoms with E-state index in [-0.39, 0.29) is 5.56 Å². The van der Waals surface area contributed by atoms with Crippen molar-refractivity contribution in [2.45, 2.75) is 33.4 Å². The molecule has 3 aromatic carbocycles. The minimum absolute atomic E-state index is 0.226. The van der Waals surface area contributed by atoms with Gasteiger partial charge in [-0.2, -0.15) is 0 Å². The predicted molar refractivity (Wildman–Crippen MR) is 155 cm³/mol. The van der Waals surface area contributed by atoms with Gasteiger partial charge in [-0.1, -0.05) is 59.9 Å². The lowest BCUT2D eigenvalue weighted by molar-refractivity contribution is -0.136. The van der Waals surface area contributed by atoms with Crippen LogP contribution in [-0.4, -0.2) is 24.8 Å². The Morgan fingerprint density at radius 3 is 2.50 bits per heavy atom. The smallest absolute Gasteiger partial charge is 0.338 e. The molecular weight excluding hydrogens is 524 g/mol. The number of aryl methyl sites for hydroxylation is 1. The molecule has 0 unspecified atom stereocenters. The number of rotatable bonds is 7. The topological polar surface area (TPSA) is 79.1 Å². The number of carbonyl (C=O) groups excluding carboxylic acids is 1. The van der Waals surface area contributed by atoms with E-state index < -0.39 is 12.0 Å². The molecule has 0 amide bonds. The molecule has 0 fully saturated rings. The van der Waals surface area contributed by atoms with Gasteiger partial charge in [-0.3, -0.25) is 9.36 Å². The van der Waals surface area contributed by atoms with E-state index >= 15 is 0 Å². The van der Waals surface area contributed by atoms with Gasteiger partial charge < -0.3 is 14.2 Å². The summed E-state index contributed by atoms with van der Waals surface area (Å²) in [6, 6.07) is 20.5. The molecule has 204 valence electrons. The molecule has 0 saturated heterocycles. The third kappa shape index (κ3) is 5.10. The van der Waals surface area contributed by atoms with Crippen molar-refractivity contribution in [3.63, 3.8) is 0 Å². The van der Waals surface area contributed by atoms with Crippen molar-refractivity contribution in [1.82, 2.24) is 4.57 Å². The molecule has 0 radical (unpaired) electrons. The van der Waals surface area contributed by atoms with Gasteiger partial charge in [-0.25, -0.2) is 9.79 Å². The molecule has 0 N–H and O–H groups in total. The third-order valence-electron chi connectivity index (χ3n) is 7.08. The van der Waals surface area contributed by atoms with Crippen molar-refractivity contribution in [1.29, 1.82) is 0 Å². The average molecular weight is 555 g/mol. The Hall–Kier alpha value is -4.43. The highest BCUT2D eigenvalue weighted by molar-refractivity contribution is 7.07. The summed E-state index contributed by atoms with van der Waals surface area (Å²) in [4.78, 5) is 31.8. The molecule has 1 aliphatic heterocycles. The first-order valence-electron chi connectivity index (χ1n) is 12.8.